The van der Waals surface area contributed by atoms with Crippen LogP contribution in [0.3, 0.4) is 0 Å². The lowest BCUT2D eigenvalue weighted by Gasteiger charge is -2.38. The highest BCUT2D eigenvalue weighted by molar-refractivity contribution is 5.21. The third-order valence-electron chi connectivity index (χ3n) is 3.46. The summed E-state index contributed by atoms with van der Waals surface area (Å²) in [6, 6.07) is 0. The molecule has 1 saturated carbocycles. The molecule has 2 aliphatic carbocycles. The van der Waals surface area contributed by atoms with Gasteiger partial charge >= 0.3 is 0 Å². The van der Waals surface area contributed by atoms with Crippen molar-refractivity contribution in [1.82, 2.24) is 0 Å². The molecule has 1 fully saturated rings. The first-order chi connectivity index (χ1) is 4.23. The Morgan fingerprint density at radius 1 is 1.44 bits per heavy atom. The number of fused-ring (bicyclic) bond motifs is 1. The van der Waals surface area contributed by atoms with E-state index in [0.717, 1.165) is 11.8 Å². The molecule has 0 bridgehead atoms. The molecule has 0 N–H and O–H groups in total. The Bertz CT molecular complexity index is 157. The zero-order valence-corrected chi connectivity index (χ0v) is 6.22. The van der Waals surface area contributed by atoms with Crippen molar-refractivity contribution in [3.8, 4) is 0 Å². The molecular formula is C9H14. The molecule has 0 heteroatoms. The van der Waals surface area contributed by atoms with Crippen molar-refractivity contribution in [3.63, 3.8) is 0 Å². The SMILES string of the molecule is CC1CCC2C=CC12C. The van der Waals surface area contributed by atoms with Gasteiger partial charge in [-0.05, 0) is 30.1 Å². The summed E-state index contributed by atoms with van der Waals surface area (Å²) in [6.07, 6.45) is 7.65. The lowest BCUT2D eigenvalue weighted by Crippen LogP contribution is -2.30. The fourth-order valence-electron chi connectivity index (χ4n) is 2.21. The zero-order valence-electron chi connectivity index (χ0n) is 6.22. The molecule has 0 aliphatic heterocycles. The first-order valence-electron chi connectivity index (χ1n) is 3.93. The molecule has 2 aliphatic rings. The first kappa shape index (κ1) is 5.52. The molecule has 0 aromatic heterocycles. The van der Waals surface area contributed by atoms with Crippen LogP contribution in [0.25, 0.3) is 0 Å². The molecular weight excluding hydrogens is 108 g/mol. The van der Waals surface area contributed by atoms with Crippen LogP contribution in [0.5, 0.6) is 0 Å². The highest BCUT2D eigenvalue weighted by Crippen LogP contribution is 2.54. The van der Waals surface area contributed by atoms with Gasteiger partial charge in [0.25, 0.3) is 0 Å². The van der Waals surface area contributed by atoms with E-state index in [4.69, 9.17) is 0 Å². The molecule has 3 unspecified atom stereocenters. The Hall–Kier alpha value is -0.260. The van der Waals surface area contributed by atoms with Gasteiger partial charge in [-0.2, -0.15) is 0 Å². The van der Waals surface area contributed by atoms with Gasteiger partial charge < -0.3 is 0 Å². The van der Waals surface area contributed by atoms with Gasteiger partial charge in [-0.15, -0.1) is 0 Å². The molecule has 2 rings (SSSR count). The molecule has 0 heterocycles. The van der Waals surface area contributed by atoms with Gasteiger partial charge in [0.05, 0.1) is 0 Å². The van der Waals surface area contributed by atoms with Crippen LogP contribution in [0.2, 0.25) is 0 Å². The van der Waals surface area contributed by atoms with E-state index in [1.165, 1.54) is 12.8 Å². The Balaban J connectivity index is 2.29. The van der Waals surface area contributed by atoms with E-state index >= 15 is 0 Å². The first-order valence-corrected chi connectivity index (χ1v) is 3.93. The minimum absolute atomic E-state index is 0.611. The second-order valence-electron chi connectivity index (χ2n) is 3.81. The van der Waals surface area contributed by atoms with E-state index in [9.17, 15) is 0 Å². The van der Waals surface area contributed by atoms with Crippen molar-refractivity contribution in [2.75, 3.05) is 0 Å². The van der Waals surface area contributed by atoms with Crippen molar-refractivity contribution in [2.45, 2.75) is 26.7 Å². The molecule has 0 spiro atoms. The molecule has 50 valence electrons. The highest BCUT2D eigenvalue weighted by atomic mass is 14.5. The molecule has 0 nitrogen and oxygen atoms in total. The highest BCUT2D eigenvalue weighted by Gasteiger charge is 2.45. The summed E-state index contributed by atoms with van der Waals surface area (Å²) in [4.78, 5) is 0. The Labute approximate surface area is 57.0 Å². The van der Waals surface area contributed by atoms with Crippen LogP contribution in [-0.2, 0) is 0 Å². The van der Waals surface area contributed by atoms with Gasteiger partial charge in [-0.3, -0.25) is 0 Å². The van der Waals surface area contributed by atoms with Crippen LogP contribution >= 0.6 is 0 Å². The normalized spacial score (nSPS) is 54.9. The maximum absolute atomic E-state index is 2.40. The number of hydrogen-bond donors (Lipinski definition) is 0. The van der Waals surface area contributed by atoms with Gasteiger partial charge in [0, 0.05) is 0 Å². The number of rotatable bonds is 0. The van der Waals surface area contributed by atoms with Crippen molar-refractivity contribution >= 4 is 0 Å². The average Bonchev–Trinajstić information content (AvgIpc) is 1.96. The molecule has 0 radical (unpaired) electrons. The molecule has 0 aromatic rings. The van der Waals surface area contributed by atoms with Crippen LogP contribution in [0.4, 0.5) is 0 Å². The molecule has 0 saturated heterocycles. The monoisotopic (exact) mass is 122 g/mol. The van der Waals surface area contributed by atoms with Crippen LogP contribution in [0.15, 0.2) is 12.2 Å². The summed E-state index contributed by atoms with van der Waals surface area (Å²) in [5, 5.41) is 0. The summed E-state index contributed by atoms with van der Waals surface area (Å²) in [5.41, 5.74) is 0.611. The van der Waals surface area contributed by atoms with Crippen LogP contribution in [-0.4, -0.2) is 0 Å². The fourth-order valence-corrected chi connectivity index (χ4v) is 2.21. The van der Waals surface area contributed by atoms with E-state index in [1.54, 1.807) is 0 Å². The van der Waals surface area contributed by atoms with Gasteiger partial charge in [0.1, 0.15) is 0 Å². The topological polar surface area (TPSA) is 0 Å². The molecule has 3 atom stereocenters. The molecule has 9 heavy (non-hydrogen) atoms. The van der Waals surface area contributed by atoms with E-state index in [1.807, 2.05) is 0 Å². The van der Waals surface area contributed by atoms with Crippen LogP contribution in [0.1, 0.15) is 26.7 Å². The lowest BCUT2D eigenvalue weighted by atomic mass is 9.67. The lowest BCUT2D eigenvalue weighted by molar-refractivity contribution is 0.245. The quantitative estimate of drug-likeness (QED) is 0.433. The second-order valence-corrected chi connectivity index (χ2v) is 3.81. The summed E-state index contributed by atoms with van der Waals surface area (Å²) in [5.74, 6) is 1.87. The second kappa shape index (κ2) is 1.42. The average molecular weight is 122 g/mol. The van der Waals surface area contributed by atoms with Crippen molar-refractivity contribution in [1.29, 1.82) is 0 Å². The van der Waals surface area contributed by atoms with Gasteiger partial charge in [-0.1, -0.05) is 26.0 Å². The molecule has 0 amide bonds. The third-order valence-corrected chi connectivity index (χ3v) is 3.46. The predicted octanol–water partition coefficient (Wildman–Crippen LogP) is 2.61. The standard InChI is InChI=1S/C9H14/c1-7-3-4-8-5-6-9(7,8)2/h5-8H,3-4H2,1-2H3. The summed E-state index contributed by atoms with van der Waals surface area (Å²) in [6.45, 7) is 4.78. The smallest absolute Gasteiger partial charge is 0.00581 e. The Morgan fingerprint density at radius 2 is 2.22 bits per heavy atom. The fraction of sp³-hybridized carbons (Fsp3) is 0.778. The van der Waals surface area contributed by atoms with E-state index in [2.05, 4.69) is 26.0 Å². The van der Waals surface area contributed by atoms with Crippen LogP contribution in [0, 0.1) is 17.3 Å². The van der Waals surface area contributed by atoms with E-state index in [0.29, 0.717) is 5.41 Å². The van der Waals surface area contributed by atoms with Crippen molar-refractivity contribution < 1.29 is 0 Å². The maximum Gasteiger partial charge on any atom is -0.00581 e. The number of allylic oxidation sites excluding steroid dienone is 2. The van der Waals surface area contributed by atoms with Crippen molar-refractivity contribution in [2.24, 2.45) is 17.3 Å². The zero-order chi connectivity index (χ0) is 6.48. The summed E-state index contributed by atoms with van der Waals surface area (Å²) < 4.78 is 0. The van der Waals surface area contributed by atoms with Gasteiger partial charge in [0.15, 0.2) is 0 Å². The Kier molecular flexibility index (Phi) is 0.870. The predicted molar refractivity (Wildman–Crippen MR) is 39.1 cm³/mol. The van der Waals surface area contributed by atoms with Gasteiger partial charge in [0.2, 0.25) is 0 Å². The Morgan fingerprint density at radius 3 is 2.44 bits per heavy atom. The third kappa shape index (κ3) is 0.493. The summed E-state index contributed by atoms with van der Waals surface area (Å²) in [7, 11) is 0. The maximum atomic E-state index is 2.40. The number of hydrogen-bond acceptors (Lipinski definition) is 0. The van der Waals surface area contributed by atoms with E-state index in [-0.39, 0.29) is 0 Å². The van der Waals surface area contributed by atoms with Gasteiger partial charge in [-0.25, -0.2) is 0 Å². The minimum atomic E-state index is 0.611. The summed E-state index contributed by atoms with van der Waals surface area (Å²) >= 11 is 0. The molecule has 0 aromatic carbocycles. The van der Waals surface area contributed by atoms with Crippen LogP contribution < -0.4 is 0 Å². The van der Waals surface area contributed by atoms with Crippen molar-refractivity contribution in [3.05, 3.63) is 12.2 Å². The minimum Gasteiger partial charge on any atom is -0.0840 e. The van der Waals surface area contributed by atoms with E-state index < -0.39 is 0 Å². The largest absolute Gasteiger partial charge is 0.0840 e.